The van der Waals surface area contributed by atoms with E-state index in [1.54, 1.807) is 6.92 Å². The first-order chi connectivity index (χ1) is 7.93. The van der Waals surface area contributed by atoms with E-state index < -0.39 is 11.9 Å². The Bertz CT molecular complexity index is 283. The molecule has 0 radical (unpaired) electrons. The third-order valence-electron chi connectivity index (χ3n) is 1.84. The Morgan fingerprint density at radius 2 is 1.82 bits per heavy atom. The summed E-state index contributed by atoms with van der Waals surface area (Å²) in [5, 5.41) is 13.8. The van der Waals surface area contributed by atoms with Crippen LogP contribution in [0.15, 0.2) is 0 Å². The second-order valence-electron chi connectivity index (χ2n) is 3.59. The number of carbonyl (C=O) groups is 3. The molecule has 0 saturated carbocycles. The second-order valence-corrected chi connectivity index (χ2v) is 4.62. The maximum atomic E-state index is 11.2. The van der Waals surface area contributed by atoms with Gasteiger partial charge >= 0.3 is 5.97 Å². The van der Waals surface area contributed by atoms with Crippen molar-refractivity contribution in [3.05, 3.63) is 0 Å². The molecule has 1 unspecified atom stereocenters. The van der Waals surface area contributed by atoms with E-state index in [1.807, 2.05) is 0 Å². The zero-order chi connectivity index (χ0) is 13.3. The number of hydrogen-bond donors (Lipinski definition) is 3. The summed E-state index contributed by atoms with van der Waals surface area (Å²) < 4.78 is 0. The average molecular weight is 262 g/mol. The van der Waals surface area contributed by atoms with E-state index in [9.17, 15) is 14.4 Å². The lowest BCUT2D eigenvalue weighted by Gasteiger charge is -2.07. The molecule has 0 aromatic rings. The number of amides is 2. The van der Waals surface area contributed by atoms with E-state index in [0.29, 0.717) is 18.8 Å². The molecule has 2 amide bonds. The van der Waals surface area contributed by atoms with Crippen LogP contribution in [0, 0.1) is 5.92 Å². The van der Waals surface area contributed by atoms with Gasteiger partial charge in [0.2, 0.25) is 11.8 Å². The number of thioether (sulfide) groups is 1. The van der Waals surface area contributed by atoms with Crippen LogP contribution in [0.2, 0.25) is 0 Å². The molecule has 3 N–H and O–H groups in total. The quantitative estimate of drug-likeness (QED) is 0.522. The molecule has 1 atom stereocenters. The Morgan fingerprint density at radius 1 is 1.24 bits per heavy atom. The highest BCUT2D eigenvalue weighted by Crippen LogP contribution is 2.07. The molecule has 0 aliphatic rings. The predicted molar refractivity (Wildman–Crippen MR) is 65.8 cm³/mol. The minimum atomic E-state index is -0.858. The topological polar surface area (TPSA) is 95.5 Å². The Hall–Kier alpha value is -1.24. The SMILES string of the molecule is CC(=O)NCCNC(=O)CSCC(C)C(=O)O. The number of carbonyl (C=O) groups excluding carboxylic acids is 2. The van der Waals surface area contributed by atoms with Gasteiger partial charge in [-0.2, -0.15) is 11.8 Å². The summed E-state index contributed by atoms with van der Waals surface area (Å²) in [6.45, 7) is 3.79. The summed E-state index contributed by atoms with van der Waals surface area (Å²) >= 11 is 1.28. The first-order valence-electron chi connectivity index (χ1n) is 5.25. The monoisotopic (exact) mass is 262 g/mol. The lowest BCUT2D eigenvalue weighted by Crippen LogP contribution is -2.34. The van der Waals surface area contributed by atoms with Crippen molar-refractivity contribution in [1.82, 2.24) is 10.6 Å². The second kappa shape index (κ2) is 8.86. The predicted octanol–water partition coefficient (Wildman–Crippen LogP) is -0.307. The molecule has 0 bridgehead atoms. The van der Waals surface area contributed by atoms with Gasteiger partial charge in [-0.25, -0.2) is 0 Å². The molecule has 0 spiro atoms. The highest BCUT2D eigenvalue weighted by molar-refractivity contribution is 7.99. The van der Waals surface area contributed by atoms with Crippen molar-refractivity contribution in [3.63, 3.8) is 0 Å². The van der Waals surface area contributed by atoms with Gasteiger partial charge in [-0.05, 0) is 0 Å². The third-order valence-corrected chi connectivity index (χ3v) is 3.05. The number of nitrogens with one attached hydrogen (secondary N) is 2. The maximum Gasteiger partial charge on any atom is 0.307 e. The molecule has 0 aromatic carbocycles. The molecule has 0 aromatic heterocycles. The van der Waals surface area contributed by atoms with Gasteiger partial charge < -0.3 is 15.7 Å². The van der Waals surface area contributed by atoms with Gasteiger partial charge in [0.1, 0.15) is 0 Å². The number of carboxylic acids is 1. The maximum absolute atomic E-state index is 11.2. The molecule has 98 valence electrons. The molecule has 6 nitrogen and oxygen atoms in total. The van der Waals surface area contributed by atoms with Crippen LogP contribution < -0.4 is 10.6 Å². The Balaban J connectivity index is 3.47. The molecule has 0 heterocycles. The average Bonchev–Trinajstić information content (AvgIpc) is 2.23. The van der Waals surface area contributed by atoms with Gasteiger partial charge in [-0.1, -0.05) is 6.92 Å². The Labute approximate surface area is 105 Å². The Morgan fingerprint density at radius 3 is 2.35 bits per heavy atom. The van der Waals surface area contributed by atoms with Crippen LogP contribution in [-0.2, 0) is 14.4 Å². The molecule has 0 aliphatic heterocycles. The molecular formula is C10H18N2O4S. The van der Waals surface area contributed by atoms with Crippen molar-refractivity contribution in [2.75, 3.05) is 24.6 Å². The van der Waals surface area contributed by atoms with Crippen LogP contribution in [0.4, 0.5) is 0 Å². The van der Waals surface area contributed by atoms with E-state index in [0.717, 1.165) is 0 Å². The van der Waals surface area contributed by atoms with Crippen LogP contribution >= 0.6 is 11.8 Å². The summed E-state index contributed by atoms with van der Waals surface area (Å²) in [6, 6.07) is 0. The summed E-state index contributed by atoms with van der Waals surface area (Å²) in [4.78, 5) is 32.3. The summed E-state index contributed by atoms with van der Waals surface area (Å²) in [6.07, 6.45) is 0. The number of rotatable bonds is 8. The zero-order valence-electron chi connectivity index (χ0n) is 9.99. The van der Waals surface area contributed by atoms with Gasteiger partial charge in [0.15, 0.2) is 0 Å². The summed E-state index contributed by atoms with van der Waals surface area (Å²) in [5.74, 6) is -0.954. The summed E-state index contributed by atoms with van der Waals surface area (Å²) in [5.41, 5.74) is 0. The van der Waals surface area contributed by atoms with Crippen molar-refractivity contribution in [2.24, 2.45) is 5.92 Å². The largest absolute Gasteiger partial charge is 0.481 e. The lowest BCUT2D eigenvalue weighted by atomic mass is 10.2. The fourth-order valence-electron chi connectivity index (χ4n) is 0.891. The first-order valence-corrected chi connectivity index (χ1v) is 6.40. The van der Waals surface area contributed by atoms with Gasteiger partial charge in [0.05, 0.1) is 11.7 Å². The standard InChI is InChI=1S/C10H18N2O4S/c1-7(10(15)16)5-17-6-9(14)12-4-3-11-8(2)13/h7H,3-6H2,1-2H3,(H,11,13)(H,12,14)(H,15,16). The molecule has 0 fully saturated rings. The zero-order valence-corrected chi connectivity index (χ0v) is 10.8. The minimum absolute atomic E-state index is 0.135. The molecule has 7 heteroatoms. The number of carboxylic acid groups (broad SMARTS) is 1. The van der Waals surface area contributed by atoms with Crippen LogP contribution in [0.25, 0.3) is 0 Å². The molecule has 17 heavy (non-hydrogen) atoms. The van der Waals surface area contributed by atoms with Gasteiger partial charge in [-0.3, -0.25) is 14.4 Å². The van der Waals surface area contributed by atoms with Crippen LogP contribution in [0.1, 0.15) is 13.8 Å². The van der Waals surface area contributed by atoms with E-state index >= 15 is 0 Å². The van der Waals surface area contributed by atoms with Crippen molar-refractivity contribution in [3.8, 4) is 0 Å². The van der Waals surface area contributed by atoms with Crippen LogP contribution in [0.5, 0.6) is 0 Å². The van der Waals surface area contributed by atoms with Crippen molar-refractivity contribution < 1.29 is 19.5 Å². The highest BCUT2D eigenvalue weighted by Gasteiger charge is 2.11. The fraction of sp³-hybridized carbons (Fsp3) is 0.700. The number of aliphatic carboxylic acids is 1. The minimum Gasteiger partial charge on any atom is -0.481 e. The third kappa shape index (κ3) is 9.68. The van der Waals surface area contributed by atoms with Crippen molar-refractivity contribution in [2.45, 2.75) is 13.8 Å². The first kappa shape index (κ1) is 15.8. The molecular weight excluding hydrogens is 244 g/mol. The van der Waals surface area contributed by atoms with Gasteiger partial charge in [0.25, 0.3) is 0 Å². The number of hydrogen-bond acceptors (Lipinski definition) is 4. The highest BCUT2D eigenvalue weighted by atomic mass is 32.2. The fourth-order valence-corrected chi connectivity index (χ4v) is 1.79. The van der Waals surface area contributed by atoms with Crippen LogP contribution in [-0.4, -0.2) is 47.5 Å². The smallest absolute Gasteiger partial charge is 0.307 e. The normalized spacial score (nSPS) is 11.6. The van der Waals surface area contributed by atoms with Crippen molar-refractivity contribution >= 4 is 29.5 Å². The van der Waals surface area contributed by atoms with Gasteiger partial charge in [-0.15, -0.1) is 0 Å². The van der Waals surface area contributed by atoms with E-state index in [2.05, 4.69) is 10.6 Å². The van der Waals surface area contributed by atoms with Crippen molar-refractivity contribution in [1.29, 1.82) is 0 Å². The summed E-state index contributed by atoms with van der Waals surface area (Å²) in [7, 11) is 0. The molecule has 0 rings (SSSR count). The van der Waals surface area contributed by atoms with E-state index in [4.69, 9.17) is 5.11 Å². The van der Waals surface area contributed by atoms with E-state index in [-0.39, 0.29) is 17.6 Å². The van der Waals surface area contributed by atoms with E-state index in [1.165, 1.54) is 18.7 Å². The van der Waals surface area contributed by atoms with Gasteiger partial charge in [0, 0.05) is 25.8 Å². The Kier molecular flexibility index (Phi) is 8.21. The van der Waals surface area contributed by atoms with Crippen LogP contribution in [0.3, 0.4) is 0 Å². The lowest BCUT2D eigenvalue weighted by molar-refractivity contribution is -0.140. The molecule has 0 aliphatic carbocycles. The molecule has 0 saturated heterocycles.